The number of unbranched alkanes of at least 4 members (excludes halogenated alkanes) is 16. The number of rotatable bonds is 36. The highest BCUT2D eigenvalue weighted by Crippen LogP contribution is 2.43. The third kappa shape index (κ3) is 37.2. The molecule has 13 nitrogen and oxygen atoms in total. The summed E-state index contributed by atoms with van der Waals surface area (Å²) >= 11 is 0. The van der Waals surface area contributed by atoms with Gasteiger partial charge >= 0.3 is 27.6 Å². The molecule has 0 aromatic heterocycles. The molecule has 0 fully saturated rings. The molecule has 0 radical (unpaired) electrons. The molecule has 0 aromatic rings. The summed E-state index contributed by atoms with van der Waals surface area (Å²) in [6.45, 7) is 6.30. The SMILES string of the molecule is CC(C)CCCCCCCCCCCCCC(=O)O[C@H](COC(=O)CCCCCCCCCC(C)C)COP(=O)(O)OC[C@@H](O)COP(=O)(O)O. The molecular formula is C36H72O13P2. The number of hydrogen-bond acceptors (Lipinski definition) is 10. The van der Waals surface area contributed by atoms with Crippen molar-refractivity contribution in [2.45, 2.75) is 181 Å². The van der Waals surface area contributed by atoms with Crippen LogP contribution in [0.4, 0.5) is 0 Å². The summed E-state index contributed by atoms with van der Waals surface area (Å²) in [5.41, 5.74) is 0. The molecule has 0 saturated heterocycles. The Labute approximate surface area is 308 Å². The van der Waals surface area contributed by atoms with E-state index in [-0.39, 0.29) is 19.4 Å². The van der Waals surface area contributed by atoms with E-state index in [4.69, 9.17) is 23.8 Å². The number of esters is 2. The maximum Gasteiger partial charge on any atom is 0.472 e. The van der Waals surface area contributed by atoms with Gasteiger partial charge in [-0.1, -0.05) is 143 Å². The molecule has 51 heavy (non-hydrogen) atoms. The Hall–Kier alpha value is -0.880. The summed E-state index contributed by atoms with van der Waals surface area (Å²) in [4.78, 5) is 52.4. The van der Waals surface area contributed by atoms with E-state index < -0.39 is 59.6 Å². The first kappa shape index (κ1) is 50.1. The summed E-state index contributed by atoms with van der Waals surface area (Å²) in [7, 11) is -9.64. The van der Waals surface area contributed by atoms with Crippen LogP contribution in [0.5, 0.6) is 0 Å². The van der Waals surface area contributed by atoms with Crippen LogP contribution in [0.2, 0.25) is 0 Å². The number of carbonyl (C=O) groups excluding carboxylic acids is 2. The number of carbonyl (C=O) groups is 2. The molecule has 304 valence electrons. The van der Waals surface area contributed by atoms with Crippen molar-refractivity contribution in [3.8, 4) is 0 Å². The fourth-order valence-corrected chi connectivity index (χ4v) is 6.52. The highest BCUT2D eigenvalue weighted by Gasteiger charge is 2.28. The summed E-state index contributed by atoms with van der Waals surface area (Å²) < 4.78 is 47.6. The van der Waals surface area contributed by atoms with Crippen LogP contribution in [0.25, 0.3) is 0 Å². The van der Waals surface area contributed by atoms with Crippen LogP contribution >= 0.6 is 15.6 Å². The zero-order valence-corrected chi connectivity index (χ0v) is 33.8. The number of ether oxygens (including phenoxy) is 2. The van der Waals surface area contributed by atoms with Crippen molar-refractivity contribution >= 4 is 27.6 Å². The van der Waals surface area contributed by atoms with E-state index in [1.165, 1.54) is 77.0 Å². The molecular weight excluding hydrogens is 702 g/mol. The van der Waals surface area contributed by atoms with Crippen LogP contribution in [0.1, 0.15) is 169 Å². The quantitative estimate of drug-likeness (QED) is 0.0268. The Morgan fingerprint density at radius 2 is 0.882 bits per heavy atom. The van der Waals surface area contributed by atoms with Crippen LogP contribution in [-0.4, -0.2) is 70.4 Å². The van der Waals surface area contributed by atoms with Crippen LogP contribution in [0, 0.1) is 11.8 Å². The van der Waals surface area contributed by atoms with E-state index in [9.17, 15) is 28.7 Å². The Balaban J connectivity index is 4.55. The largest absolute Gasteiger partial charge is 0.472 e. The molecule has 0 saturated carbocycles. The molecule has 4 N–H and O–H groups in total. The minimum atomic E-state index is -4.85. The summed E-state index contributed by atoms with van der Waals surface area (Å²) in [6.07, 6.45) is 20.0. The van der Waals surface area contributed by atoms with Gasteiger partial charge in [0.25, 0.3) is 0 Å². The van der Waals surface area contributed by atoms with Gasteiger partial charge in [0.2, 0.25) is 0 Å². The number of hydrogen-bond donors (Lipinski definition) is 4. The fraction of sp³-hybridized carbons (Fsp3) is 0.944. The Bertz CT molecular complexity index is 957. The van der Waals surface area contributed by atoms with Crippen LogP contribution < -0.4 is 0 Å². The number of aliphatic hydroxyl groups is 1. The predicted molar refractivity (Wildman–Crippen MR) is 198 cm³/mol. The van der Waals surface area contributed by atoms with Crippen molar-refractivity contribution in [3.05, 3.63) is 0 Å². The van der Waals surface area contributed by atoms with Gasteiger partial charge in [-0.25, -0.2) is 9.13 Å². The van der Waals surface area contributed by atoms with Crippen molar-refractivity contribution < 1.29 is 61.6 Å². The summed E-state index contributed by atoms with van der Waals surface area (Å²) in [6, 6.07) is 0. The molecule has 0 heterocycles. The first-order valence-corrected chi connectivity index (χ1v) is 22.5. The van der Waals surface area contributed by atoms with E-state index >= 15 is 0 Å². The second-order valence-corrected chi connectivity index (χ2v) is 17.2. The Kier molecular flexibility index (Phi) is 30.9. The first-order valence-electron chi connectivity index (χ1n) is 19.4. The van der Waals surface area contributed by atoms with Crippen molar-refractivity contribution in [1.29, 1.82) is 0 Å². The summed E-state index contributed by atoms with van der Waals surface area (Å²) in [5, 5.41) is 9.71. The average Bonchev–Trinajstić information content (AvgIpc) is 3.04. The number of phosphoric ester groups is 2. The molecule has 0 bridgehead atoms. The maximum atomic E-state index is 12.6. The zero-order valence-electron chi connectivity index (χ0n) is 32.1. The molecule has 1 unspecified atom stereocenters. The van der Waals surface area contributed by atoms with Gasteiger partial charge < -0.3 is 29.3 Å². The zero-order chi connectivity index (χ0) is 38.4. The molecule has 0 aromatic carbocycles. The van der Waals surface area contributed by atoms with Gasteiger partial charge in [0.15, 0.2) is 6.10 Å². The lowest BCUT2D eigenvalue weighted by Crippen LogP contribution is -2.30. The lowest BCUT2D eigenvalue weighted by molar-refractivity contribution is -0.161. The van der Waals surface area contributed by atoms with E-state index in [1.807, 2.05) is 0 Å². The van der Waals surface area contributed by atoms with Gasteiger partial charge in [-0.3, -0.25) is 23.2 Å². The monoisotopic (exact) mass is 774 g/mol. The number of phosphoric acid groups is 2. The topological polar surface area (TPSA) is 195 Å². The van der Waals surface area contributed by atoms with Gasteiger partial charge in [-0.2, -0.15) is 0 Å². The molecule has 0 amide bonds. The minimum absolute atomic E-state index is 0.136. The minimum Gasteiger partial charge on any atom is -0.462 e. The fourth-order valence-electron chi connectivity index (χ4n) is 5.36. The van der Waals surface area contributed by atoms with E-state index in [2.05, 4.69) is 36.7 Å². The van der Waals surface area contributed by atoms with Gasteiger partial charge in [-0.15, -0.1) is 0 Å². The van der Waals surface area contributed by atoms with Crippen molar-refractivity contribution in [2.24, 2.45) is 11.8 Å². The van der Waals surface area contributed by atoms with E-state index in [0.717, 1.165) is 50.4 Å². The second kappa shape index (κ2) is 31.5. The molecule has 3 atom stereocenters. The van der Waals surface area contributed by atoms with E-state index in [0.29, 0.717) is 12.8 Å². The molecule has 0 aliphatic carbocycles. The van der Waals surface area contributed by atoms with Crippen molar-refractivity contribution in [3.63, 3.8) is 0 Å². The average molecular weight is 775 g/mol. The van der Waals surface area contributed by atoms with Gasteiger partial charge in [0.1, 0.15) is 12.7 Å². The lowest BCUT2D eigenvalue weighted by atomic mass is 10.0. The predicted octanol–water partition coefficient (Wildman–Crippen LogP) is 8.94. The normalized spacial score (nSPS) is 14.5. The highest BCUT2D eigenvalue weighted by molar-refractivity contribution is 7.47. The standard InChI is InChI=1S/C36H72O13P2/c1-31(2)23-19-15-11-8-6-5-7-9-13-18-22-26-36(39)49-34(30-48-51(43,44)47-28-33(37)27-46-50(40,41)42)29-45-35(38)25-21-17-14-10-12-16-20-24-32(3)4/h31-34,37H,5-30H2,1-4H3,(H,43,44)(H2,40,41,42)/t33-,34+/m0/s1. The first-order chi connectivity index (χ1) is 24.1. The van der Waals surface area contributed by atoms with Crippen molar-refractivity contribution in [2.75, 3.05) is 26.4 Å². The molecule has 0 aliphatic heterocycles. The Morgan fingerprint density at radius 1 is 0.510 bits per heavy atom. The van der Waals surface area contributed by atoms with E-state index in [1.54, 1.807) is 0 Å². The summed E-state index contributed by atoms with van der Waals surface area (Å²) in [5.74, 6) is 0.481. The maximum absolute atomic E-state index is 12.6. The molecule has 0 aliphatic rings. The highest BCUT2D eigenvalue weighted by atomic mass is 31.2. The Morgan fingerprint density at radius 3 is 1.31 bits per heavy atom. The molecule has 0 rings (SSSR count). The van der Waals surface area contributed by atoms with Crippen LogP contribution in [-0.2, 0) is 41.8 Å². The van der Waals surface area contributed by atoms with Crippen molar-refractivity contribution in [1.82, 2.24) is 0 Å². The van der Waals surface area contributed by atoms with Crippen LogP contribution in [0.3, 0.4) is 0 Å². The number of aliphatic hydroxyl groups excluding tert-OH is 1. The van der Waals surface area contributed by atoms with Gasteiger partial charge in [0, 0.05) is 12.8 Å². The van der Waals surface area contributed by atoms with Gasteiger partial charge in [0.05, 0.1) is 19.8 Å². The van der Waals surface area contributed by atoms with Gasteiger partial charge in [-0.05, 0) is 24.7 Å². The lowest BCUT2D eigenvalue weighted by Gasteiger charge is -2.20. The van der Waals surface area contributed by atoms with Crippen LogP contribution in [0.15, 0.2) is 0 Å². The third-order valence-electron chi connectivity index (χ3n) is 8.34. The smallest absolute Gasteiger partial charge is 0.462 e. The third-order valence-corrected chi connectivity index (χ3v) is 9.78. The second-order valence-electron chi connectivity index (χ2n) is 14.5. The molecule has 15 heteroatoms. The molecule has 0 spiro atoms.